The number of aromatic hydroxyl groups is 1. The Balaban J connectivity index is 1.65. The number of carbonyl (C=O) groups is 1. The van der Waals surface area contributed by atoms with E-state index in [9.17, 15) is 9.90 Å². The summed E-state index contributed by atoms with van der Waals surface area (Å²) in [6.45, 7) is 7.61. The zero-order valence-electron chi connectivity index (χ0n) is 18.1. The predicted octanol–water partition coefficient (Wildman–Crippen LogP) is 3.97. The molecule has 10 heteroatoms. The summed E-state index contributed by atoms with van der Waals surface area (Å²) in [6, 6.07) is 8.85. The minimum absolute atomic E-state index is 0.0209. The van der Waals surface area contributed by atoms with Crippen molar-refractivity contribution in [2.45, 2.75) is 33.7 Å². The highest BCUT2D eigenvalue weighted by Crippen LogP contribution is 2.32. The summed E-state index contributed by atoms with van der Waals surface area (Å²) in [6.07, 6.45) is 1.72. The highest BCUT2D eigenvalue weighted by atomic mass is 32.1. The zero-order valence-corrected chi connectivity index (χ0v) is 18.9. The second-order valence-electron chi connectivity index (χ2n) is 7.69. The van der Waals surface area contributed by atoms with Crippen molar-refractivity contribution >= 4 is 45.0 Å². The van der Waals surface area contributed by atoms with Crippen LogP contribution in [0.5, 0.6) is 5.88 Å². The molecule has 0 radical (unpaired) electrons. The molecule has 0 aliphatic carbocycles. The van der Waals surface area contributed by atoms with Crippen molar-refractivity contribution in [1.29, 1.82) is 5.41 Å². The lowest BCUT2D eigenvalue weighted by Crippen LogP contribution is -2.30. The second-order valence-corrected chi connectivity index (χ2v) is 8.46. The first-order valence-corrected chi connectivity index (χ1v) is 10.8. The third-order valence-electron chi connectivity index (χ3n) is 4.79. The Morgan fingerprint density at radius 3 is 2.75 bits per heavy atom. The van der Waals surface area contributed by atoms with Crippen LogP contribution in [0.2, 0.25) is 0 Å². The number of aromatic nitrogens is 4. The average molecular weight is 450 g/mol. The first-order chi connectivity index (χ1) is 15.2. The quantitative estimate of drug-likeness (QED) is 0.268. The van der Waals surface area contributed by atoms with Crippen molar-refractivity contribution in [2.24, 2.45) is 0 Å². The van der Waals surface area contributed by atoms with Crippen LogP contribution in [0.25, 0.3) is 10.9 Å². The lowest BCUT2D eigenvalue weighted by atomic mass is 10.2. The van der Waals surface area contributed by atoms with E-state index in [1.807, 2.05) is 39.8 Å². The molecule has 164 valence electrons. The van der Waals surface area contributed by atoms with Gasteiger partial charge in [-0.15, -0.1) is 0 Å². The van der Waals surface area contributed by atoms with Gasteiger partial charge >= 0.3 is 0 Å². The number of fused-ring (bicyclic) bond motifs is 1. The van der Waals surface area contributed by atoms with E-state index < -0.39 is 0 Å². The van der Waals surface area contributed by atoms with Gasteiger partial charge in [0.2, 0.25) is 5.88 Å². The number of amidine groups is 1. The Bertz CT molecular complexity index is 1340. The van der Waals surface area contributed by atoms with Gasteiger partial charge in [0, 0.05) is 29.0 Å². The second kappa shape index (κ2) is 8.39. The van der Waals surface area contributed by atoms with Crippen LogP contribution in [0.4, 0.5) is 10.8 Å². The van der Waals surface area contributed by atoms with E-state index in [2.05, 4.69) is 25.0 Å². The molecule has 0 bridgehead atoms. The highest BCUT2D eigenvalue weighted by molar-refractivity contribution is 7.11. The molecule has 32 heavy (non-hydrogen) atoms. The van der Waals surface area contributed by atoms with Gasteiger partial charge in [-0.05, 0) is 63.5 Å². The van der Waals surface area contributed by atoms with Crippen molar-refractivity contribution < 1.29 is 9.90 Å². The molecular weight excluding hydrogens is 426 g/mol. The van der Waals surface area contributed by atoms with Gasteiger partial charge in [-0.3, -0.25) is 19.8 Å². The van der Waals surface area contributed by atoms with Gasteiger partial charge < -0.3 is 15.7 Å². The van der Waals surface area contributed by atoms with E-state index in [4.69, 9.17) is 5.41 Å². The molecule has 0 amide bonds. The molecule has 0 fully saturated rings. The maximum Gasteiger partial charge on any atom is 0.281 e. The fourth-order valence-corrected chi connectivity index (χ4v) is 4.15. The topological polar surface area (TPSA) is 129 Å². The standard InChI is InChI=1S/C22H23N7O2S/c1-11(2)24-19(23)18-20(30)28-32-21(18)27-17-7-5-6-15(26-17)22(31)29-9-8-14-13(4)25-12(3)10-16(14)29/h5-11H,1-4H3,(H2,23,24)(H,26,27)(H,28,30). The summed E-state index contributed by atoms with van der Waals surface area (Å²) in [5.74, 6) is -0.0426. The van der Waals surface area contributed by atoms with Crippen LogP contribution in [0.3, 0.4) is 0 Å². The molecule has 0 saturated heterocycles. The Kier molecular flexibility index (Phi) is 5.62. The van der Waals surface area contributed by atoms with Crippen LogP contribution in [0.15, 0.2) is 36.5 Å². The Hall–Kier alpha value is -3.79. The van der Waals surface area contributed by atoms with Crippen molar-refractivity contribution in [3.63, 3.8) is 0 Å². The van der Waals surface area contributed by atoms with Gasteiger partial charge in [0.25, 0.3) is 5.91 Å². The fourth-order valence-electron chi connectivity index (χ4n) is 3.45. The summed E-state index contributed by atoms with van der Waals surface area (Å²) in [5, 5.41) is 25.7. The Morgan fingerprint density at radius 2 is 2.00 bits per heavy atom. The lowest BCUT2D eigenvalue weighted by molar-refractivity contribution is 0.0960. The number of pyridine rings is 2. The van der Waals surface area contributed by atoms with Gasteiger partial charge in [0.05, 0.1) is 5.52 Å². The van der Waals surface area contributed by atoms with Crippen LogP contribution in [0, 0.1) is 19.3 Å². The van der Waals surface area contributed by atoms with Crippen LogP contribution in [-0.4, -0.2) is 41.8 Å². The number of carbonyl (C=O) groups excluding carboxylic acids is 1. The number of nitrogens with one attached hydrogen (secondary N) is 3. The molecule has 4 heterocycles. The number of hydrogen-bond acceptors (Lipinski definition) is 8. The molecule has 0 spiro atoms. The summed E-state index contributed by atoms with van der Waals surface area (Å²) >= 11 is 1.01. The highest BCUT2D eigenvalue weighted by Gasteiger charge is 2.20. The van der Waals surface area contributed by atoms with Crippen LogP contribution < -0.4 is 10.6 Å². The summed E-state index contributed by atoms with van der Waals surface area (Å²) in [4.78, 5) is 22.1. The third-order valence-corrected chi connectivity index (χ3v) is 5.54. The van der Waals surface area contributed by atoms with E-state index in [1.54, 1.807) is 29.0 Å². The largest absolute Gasteiger partial charge is 0.492 e. The average Bonchev–Trinajstić information content (AvgIpc) is 3.31. The summed E-state index contributed by atoms with van der Waals surface area (Å²) in [7, 11) is 0. The van der Waals surface area contributed by atoms with E-state index in [0.29, 0.717) is 10.8 Å². The van der Waals surface area contributed by atoms with Crippen molar-refractivity contribution in [3.8, 4) is 5.88 Å². The van der Waals surface area contributed by atoms with Gasteiger partial charge in [-0.2, -0.15) is 4.37 Å². The van der Waals surface area contributed by atoms with Crippen molar-refractivity contribution in [1.82, 2.24) is 24.2 Å². The molecule has 0 aromatic carbocycles. The van der Waals surface area contributed by atoms with Gasteiger partial charge in [-0.1, -0.05) is 6.07 Å². The number of rotatable bonds is 5. The summed E-state index contributed by atoms with van der Waals surface area (Å²) in [5.41, 5.74) is 3.00. The monoisotopic (exact) mass is 449 g/mol. The molecule has 0 saturated carbocycles. The fraction of sp³-hybridized carbons (Fsp3) is 0.227. The molecular formula is C22H23N7O2S. The first-order valence-electron chi connectivity index (χ1n) is 10.0. The number of hydrogen-bond donors (Lipinski definition) is 4. The number of anilines is 2. The van der Waals surface area contributed by atoms with E-state index in [0.717, 1.165) is 33.8 Å². The Labute approximate surface area is 188 Å². The van der Waals surface area contributed by atoms with Crippen molar-refractivity contribution in [3.05, 3.63) is 59.2 Å². The first kappa shape index (κ1) is 21.4. The van der Waals surface area contributed by atoms with Crippen LogP contribution >= 0.6 is 11.5 Å². The smallest absolute Gasteiger partial charge is 0.281 e. The minimum atomic E-state index is -0.268. The molecule has 0 aliphatic heterocycles. The van der Waals surface area contributed by atoms with Crippen LogP contribution in [0.1, 0.15) is 41.3 Å². The molecule has 0 atom stereocenters. The van der Waals surface area contributed by atoms with Crippen LogP contribution in [-0.2, 0) is 0 Å². The van der Waals surface area contributed by atoms with E-state index in [-0.39, 0.29) is 34.9 Å². The maximum atomic E-state index is 13.2. The predicted molar refractivity (Wildman–Crippen MR) is 125 cm³/mol. The summed E-state index contributed by atoms with van der Waals surface area (Å²) < 4.78 is 5.50. The lowest BCUT2D eigenvalue weighted by Gasteiger charge is -2.12. The van der Waals surface area contributed by atoms with E-state index in [1.165, 1.54) is 0 Å². The molecule has 9 nitrogen and oxygen atoms in total. The molecule has 0 unspecified atom stereocenters. The SMILES string of the molecule is Cc1cc2c(ccn2C(=O)c2cccc(Nc3snc(O)c3C(=N)NC(C)C)n2)c(C)n1. The van der Waals surface area contributed by atoms with Gasteiger partial charge in [0.1, 0.15) is 27.9 Å². The normalized spacial score (nSPS) is 11.2. The van der Waals surface area contributed by atoms with E-state index >= 15 is 0 Å². The zero-order chi connectivity index (χ0) is 23.0. The number of nitrogens with zero attached hydrogens (tertiary/aromatic N) is 4. The molecule has 4 rings (SSSR count). The van der Waals surface area contributed by atoms with Crippen molar-refractivity contribution in [2.75, 3.05) is 5.32 Å². The Morgan fingerprint density at radius 1 is 1.22 bits per heavy atom. The maximum absolute atomic E-state index is 13.2. The van der Waals surface area contributed by atoms with Gasteiger partial charge in [0.15, 0.2) is 0 Å². The third kappa shape index (κ3) is 4.04. The molecule has 0 aliphatic rings. The molecule has 4 aromatic heterocycles. The minimum Gasteiger partial charge on any atom is -0.492 e. The molecule has 4 aromatic rings. The number of aryl methyl sites for hydroxylation is 2. The molecule has 4 N–H and O–H groups in total. The van der Waals surface area contributed by atoms with Gasteiger partial charge in [-0.25, -0.2) is 4.98 Å².